The van der Waals surface area contributed by atoms with Crippen LogP contribution < -0.4 is 0 Å². The summed E-state index contributed by atoms with van der Waals surface area (Å²) in [4.78, 5) is 23.4. The first-order valence-electron chi connectivity index (χ1n) is 4.38. The van der Waals surface area contributed by atoms with E-state index in [2.05, 4.69) is 0 Å². The Labute approximate surface area is 75.8 Å². The summed E-state index contributed by atoms with van der Waals surface area (Å²) in [5, 5.41) is 9.02. The van der Waals surface area contributed by atoms with E-state index in [0.717, 1.165) is 0 Å². The normalized spacial score (nSPS) is 32.5. The summed E-state index contributed by atoms with van der Waals surface area (Å²) in [6.07, 6.45) is 3.76. The van der Waals surface area contributed by atoms with E-state index >= 15 is 0 Å². The summed E-state index contributed by atoms with van der Waals surface area (Å²) in [6.45, 7) is 0.460. The van der Waals surface area contributed by atoms with Gasteiger partial charge in [0.25, 0.3) is 11.8 Å². The Hall–Kier alpha value is -1.16. The predicted molar refractivity (Wildman–Crippen MR) is 44.6 cm³/mol. The Morgan fingerprint density at radius 2 is 1.85 bits per heavy atom. The summed E-state index contributed by atoms with van der Waals surface area (Å²) in [5.41, 5.74) is 0. The number of aliphatic hydroxyl groups is 1. The molecule has 0 aromatic rings. The van der Waals surface area contributed by atoms with E-state index in [1.165, 1.54) is 17.1 Å². The van der Waals surface area contributed by atoms with Gasteiger partial charge < -0.3 is 5.11 Å². The number of rotatable bonds is 2. The van der Waals surface area contributed by atoms with Crippen LogP contribution in [0.2, 0.25) is 0 Å². The number of amides is 2. The summed E-state index contributed by atoms with van der Waals surface area (Å²) in [7, 11) is 0. The van der Waals surface area contributed by atoms with Crippen molar-refractivity contribution in [2.45, 2.75) is 18.9 Å². The summed E-state index contributed by atoms with van der Waals surface area (Å²) in [6, 6.07) is 0. The second kappa shape index (κ2) is 2.96. The third kappa shape index (κ3) is 1.49. The molecule has 1 N–H and O–H groups in total. The van der Waals surface area contributed by atoms with Crippen molar-refractivity contribution in [3.8, 4) is 0 Å². The SMILES string of the molecule is O=C1C=CC(=O)N1CC1CC(O)C1. The molecule has 0 aromatic heterocycles. The van der Waals surface area contributed by atoms with E-state index in [1.807, 2.05) is 0 Å². The molecular weight excluding hydrogens is 170 g/mol. The van der Waals surface area contributed by atoms with Gasteiger partial charge in [0.05, 0.1) is 6.10 Å². The molecule has 70 valence electrons. The third-order valence-electron chi connectivity index (χ3n) is 2.55. The molecule has 1 aliphatic carbocycles. The average molecular weight is 181 g/mol. The van der Waals surface area contributed by atoms with Crippen molar-refractivity contribution in [1.29, 1.82) is 0 Å². The van der Waals surface area contributed by atoms with Gasteiger partial charge in [-0.25, -0.2) is 0 Å². The van der Waals surface area contributed by atoms with Crippen molar-refractivity contribution in [3.05, 3.63) is 12.2 Å². The first-order chi connectivity index (χ1) is 6.16. The van der Waals surface area contributed by atoms with Crippen LogP contribution in [0.1, 0.15) is 12.8 Å². The highest BCUT2D eigenvalue weighted by molar-refractivity contribution is 6.12. The van der Waals surface area contributed by atoms with Gasteiger partial charge in [0, 0.05) is 18.7 Å². The van der Waals surface area contributed by atoms with Gasteiger partial charge in [-0.05, 0) is 18.8 Å². The minimum atomic E-state index is -0.231. The Bertz CT molecular complexity index is 261. The number of carbonyl (C=O) groups excluding carboxylic acids is 2. The lowest BCUT2D eigenvalue weighted by Crippen LogP contribution is -2.41. The number of aliphatic hydroxyl groups excluding tert-OH is 1. The van der Waals surface area contributed by atoms with Crippen LogP contribution in [0.3, 0.4) is 0 Å². The molecule has 0 unspecified atom stereocenters. The number of hydrogen-bond donors (Lipinski definition) is 1. The molecule has 2 rings (SSSR count). The zero-order chi connectivity index (χ0) is 9.42. The third-order valence-corrected chi connectivity index (χ3v) is 2.55. The van der Waals surface area contributed by atoms with Crippen LogP contribution in [-0.4, -0.2) is 34.5 Å². The molecule has 2 aliphatic rings. The van der Waals surface area contributed by atoms with Gasteiger partial charge in [-0.15, -0.1) is 0 Å². The van der Waals surface area contributed by atoms with Crippen LogP contribution in [0.15, 0.2) is 12.2 Å². The highest BCUT2D eigenvalue weighted by Crippen LogP contribution is 2.28. The molecule has 2 amide bonds. The Morgan fingerprint density at radius 3 is 2.31 bits per heavy atom. The zero-order valence-corrected chi connectivity index (χ0v) is 7.14. The van der Waals surface area contributed by atoms with Crippen LogP contribution in [0.25, 0.3) is 0 Å². The molecule has 0 radical (unpaired) electrons. The monoisotopic (exact) mass is 181 g/mol. The van der Waals surface area contributed by atoms with Gasteiger partial charge in [0.2, 0.25) is 0 Å². The highest BCUT2D eigenvalue weighted by atomic mass is 16.3. The van der Waals surface area contributed by atoms with Crippen molar-refractivity contribution in [2.24, 2.45) is 5.92 Å². The quantitative estimate of drug-likeness (QED) is 0.594. The predicted octanol–water partition coefficient (Wildman–Crippen LogP) is -0.318. The summed E-state index contributed by atoms with van der Waals surface area (Å²) < 4.78 is 0. The van der Waals surface area contributed by atoms with Crippen molar-refractivity contribution in [3.63, 3.8) is 0 Å². The van der Waals surface area contributed by atoms with Crippen molar-refractivity contribution in [1.82, 2.24) is 4.90 Å². The summed E-state index contributed by atoms with van der Waals surface area (Å²) in [5.74, 6) is -0.166. The smallest absolute Gasteiger partial charge is 0.253 e. The minimum absolute atomic E-state index is 0.230. The Balaban J connectivity index is 1.88. The molecule has 13 heavy (non-hydrogen) atoms. The van der Waals surface area contributed by atoms with Crippen LogP contribution in [-0.2, 0) is 9.59 Å². The molecule has 1 aliphatic heterocycles. The van der Waals surface area contributed by atoms with Gasteiger partial charge in [-0.1, -0.05) is 0 Å². The molecule has 4 nitrogen and oxygen atoms in total. The molecular formula is C9H11NO3. The zero-order valence-electron chi connectivity index (χ0n) is 7.14. The fraction of sp³-hybridized carbons (Fsp3) is 0.556. The Kier molecular flexibility index (Phi) is 1.92. The van der Waals surface area contributed by atoms with Crippen LogP contribution in [0, 0.1) is 5.92 Å². The maximum Gasteiger partial charge on any atom is 0.253 e. The molecule has 1 saturated carbocycles. The van der Waals surface area contributed by atoms with E-state index in [0.29, 0.717) is 25.3 Å². The molecule has 1 fully saturated rings. The van der Waals surface area contributed by atoms with Crippen LogP contribution in [0.4, 0.5) is 0 Å². The van der Waals surface area contributed by atoms with E-state index in [4.69, 9.17) is 5.11 Å². The van der Waals surface area contributed by atoms with Gasteiger partial charge in [-0.3, -0.25) is 14.5 Å². The lowest BCUT2D eigenvalue weighted by Gasteiger charge is -2.33. The maximum atomic E-state index is 11.1. The molecule has 0 bridgehead atoms. The maximum absolute atomic E-state index is 11.1. The number of nitrogens with zero attached hydrogens (tertiary/aromatic N) is 1. The fourth-order valence-corrected chi connectivity index (χ4v) is 1.72. The topological polar surface area (TPSA) is 57.6 Å². The minimum Gasteiger partial charge on any atom is -0.393 e. The molecule has 1 heterocycles. The fourth-order valence-electron chi connectivity index (χ4n) is 1.72. The number of hydrogen-bond acceptors (Lipinski definition) is 3. The van der Waals surface area contributed by atoms with Gasteiger partial charge in [0.15, 0.2) is 0 Å². The first kappa shape index (κ1) is 8.44. The van der Waals surface area contributed by atoms with Gasteiger partial charge >= 0.3 is 0 Å². The first-order valence-corrected chi connectivity index (χ1v) is 4.38. The second-order valence-electron chi connectivity index (χ2n) is 3.61. The molecule has 0 spiro atoms. The molecule has 0 atom stereocenters. The largest absolute Gasteiger partial charge is 0.393 e. The van der Waals surface area contributed by atoms with E-state index in [1.54, 1.807) is 0 Å². The van der Waals surface area contributed by atoms with Crippen LogP contribution in [0.5, 0.6) is 0 Å². The summed E-state index contributed by atoms with van der Waals surface area (Å²) >= 11 is 0. The van der Waals surface area contributed by atoms with E-state index in [9.17, 15) is 9.59 Å². The van der Waals surface area contributed by atoms with E-state index in [-0.39, 0.29) is 17.9 Å². The molecule has 0 saturated heterocycles. The second-order valence-corrected chi connectivity index (χ2v) is 3.61. The highest BCUT2D eigenvalue weighted by Gasteiger charge is 2.33. The lowest BCUT2D eigenvalue weighted by atomic mass is 9.82. The van der Waals surface area contributed by atoms with E-state index < -0.39 is 0 Å². The van der Waals surface area contributed by atoms with Crippen molar-refractivity contribution < 1.29 is 14.7 Å². The van der Waals surface area contributed by atoms with Gasteiger partial charge in [0.1, 0.15) is 0 Å². The number of carbonyl (C=O) groups is 2. The lowest BCUT2D eigenvalue weighted by molar-refractivity contribution is -0.138. The molecule has 4 heteroatoms. The van der Waals surface area contributed by atoms with Crippen LogP contribution >= 0.6 is 0 Å². The standard InChI is InChI=1S/C9H11NO3/c11-7-3-6(4-7)5-10-8(12)1-2-9(10)13/h1-2,6-7,11H,3-5H2. The van der Waals surface area contributed by atoms with Gasteiger partial charge in [-0.2, -0.15) is 0 Å². The molecule has 0 aromatic carbocycles. The Morgan fingerprint density at radius 1 is 1.31 bits per heavy atom. The van der Waals surface area contributed by atoms with Crippen molar-refractivity contribution in [2.75, 3.05) is 6.54 Å². The number of imide groups is 1. The van der Waals surface area contributed by atoms with Crippen molar-refractivity contribution >= 4 is 11.8 Å². The average Bonchev–Trinajstić information content (AvgIpc) is 2.32.